The van der Waals surface area contributed by atoms with Crippen molar-refractivity contribution in [3.63, 3.8) is 0 Å². The maximum Gasteiger partial charge on any atom is 0.239 e. The Labute approximate surface area is 355 Å². The Morgan fingerprint density at radius 2 is 1.14 bits per heavy atom. The lowest BCUT2D eigenvalue weighted by molar-refractivity contribution is -0.379. The number of aliphatic hydroxyl groups is 11. The molecule has 4 saturated heterocycles. The fourth-order valence-corrected chi connectivity index (χ4v) is 7.68. The van der Waals surface area contributed by atoms with Gasteiger partial charge in [-0.25, -0.2) is 0 Å². The van der Waals surface area contributed by atoms with Gasteiger partial charge in [-0.05, 0) is 38.1 Å². The van der Waals surface area contributed by atoms with E-state index in [0.29, 0.717) is 0 Å². The Morgan fingerprint density at radius 1 is 0.571 bits per heavy atom. The third-order valence-corrected chi connectivity index (χ3v) is 11.4. The zero-order chi connectivity index (χ0) is 45.8. The minimum atomic E-state index is -2.13. The molecular weight excluding hydrogens is 852 g/mol. The van der Waals surface area contributed by atoms with Gasteiger partial charge in [-0.15, -0.1) is 0 Å². The van der Waals surface area contributed by atoms with Crippen LogP contribution in [0.3, 0.4) is 0 Å². The summed E-state index contributed by atoms with van der Waals surface area (Å²) < 4.78 is 52.0. The van der Waals surface area contributed by atoms with Gasteiger partial charge in [0.2, 0.25) is 17.5 Å². The molecule has 0 unspecified atom stereocenters. The van der Waals surface area contributed by atoms with Crippen molar-refractivity contribution in [2.24, 2.45) is 0 Å². The largest absolute Gasteiger partial charge is 0.508 e. The van der Waals surface area contributed by atoms with Gasteiger partial charge < -0.3 is 114 Å². The van der Waals surface area contributed by atoms with Crippen LogP contribution in [0, 0.1) is 0 Å². The highest BCUT2D eigenvalue weighted by Crippen LogP contribution is 2.39. The zero-order valence-electron chi connectivity index (χ0n) is 33.3. The van der Waals surface area contributed by atoms with Gasteiger partial charge in [-0.2, -0.15) is 0 Å². The van der Waals surface area contributed by atoms with E-state index in [-0.39, 0.29) is 22.7 Å². The minimum absolute atomic E-state index is 0.0821. The van der Waals surface area contributed by atoms with Gasteiger partial charge in [0.25, 0.3) is 0 Å². The summed E-state index contributed by atoms with van der Waals surface area (Å²) in [4.78, 5) is 14.3. The number of aromatic hydroxyl groups is 3. The highest BCUT2D eigenvalue weighted by Gasteiger charge is 2.54. The van der Waals surface area contributed by atoms with Gasteiger partial charge in [-0.3, -0.25) is 4.79 Å². The van der Waals surface area contributed by atoms with Gasteiger partial charge in [-0.1, -0.05) is 0 Å². The fraction of sp³-hybridized carbons (Fsp3) is 0.615. The molecule has 20 atom stereocenters. The van der Waals surface area contributed by atoms with Gasteiger partial charge in [0.1, 0.15) is 108 Å². The number of phenolic OH excluding ortho intramolecular Hbond substituents is 3. The van der Waals surface area contributed by atoms with Gasteiger partial charge in [0.05, 0.1) is 25.4 Å². The van der Waals surface area contributed by atoms with E-state index in [4.69, 9.17) is 42.3 Å². The smallest absolute Gasteiger partial charge is 0.239 e. The molecule has 0 saturated carbocycles. The number of phenols is 3. The molecule has 0 amide bonds. The van der Waals surface area contributed by atoms with Crippen LogP contribution in [0.2, 0.25) is 0 Å². The second kappa shape index (κ2) is 18.9. The fourth-order valence-electron chi connectivity index (χ4n) is 7.68. The van der Waals surface area contributed by atoms with Gasteiger partial charge in [0, 0.05) is 17.7 Å². The standard InChI is InChI=1S/C39H50O24/c1-11-21(44)26(49)29(52)36(56-11)55-10-19-24(47)28(51)35(63-38-31(54)33(22(45)12(2)57-38)61-37-30(53)27(50)23(46)18(9-40)59-37)39(60-19)62-34-25(48)20-16(43)7-15(42)8-17(20)58-32(34)13-3-5-14(41)6-4-13/h3-8,11-12,18-19,21-24,26-31,33,35-47,49-54H,9-10H2,1-2H3/t11-,12-,18+,19+,21-,22-,23+,24-,26+,27-,28-,29+,30+,31+,33+,35+,36+,37-,38-,39-/m0/s1. The van der Waals surface area contributed by atoms with E-state index in [1.807, 2.05) is 0 Å². The topological polar surface area (TPSA) is 387 Å². The summed E-state index contributed by atoms with van der Waals surface area (Å²) >= 11 is 0. The van der Waals surface area contributed by atoms with Crippen molar-refractivity contribution in [2.45, 2.75) is 137 Å². The molecular formula is C39H50O24. The highest BCUT2D eigenvalue weighted by molar-refractivity contribution is 5.88. The number of benzene rings is 2. The van der Waals surface area contributed by atoms with Crippen molar-refractivity contribution < 1.29 is 114 Å². The quantitative estimate of drug-likeness (QED) is 0.0859. The van der Waals surface area contributed by atoms with E-state index in [9.17, 15) is 76.3 Å². The number of hydrogen-bond donors (Lipinski definition) is 14. The molecule has 4 aliphatic rings. The van der Waals surface area contributed by atoms with Crippen molar-refractivity contribution in [1.29, 1.82) is 0 Å². The van der Waals surface area contributed by atoms with Crippen LogP contribution >= 0.6 is 0 Å². The molecule has 4 fully saturated rings. The van der Waals surface area contributed by atoms with Crippen LogP contribution in [0.25, 0.3) is 22.3 Å². The maximum atomic E-state index is 14.3. The molecule has 7 rings (SSSR count). The number of hydrogen-bond acceptors (Lipinski definition) is 24. The minimum Gasteiger partial charge on any atom is -0.508 e. The van der Waals surface area contributed by atoms with Crippen LogP contribution in [-0.2, 0) is 33.2 Å². The monoisotopic (exact) mass is 902 g/mol. The first-order chi connectivity index (χ1) is 29.8. The average Bonchev–Trinajstić information content (AvgIpc) is 3.24. The van der Waals surface area contributed by atoms with Gasteiger partial charge >= 0.3 is 0 Å². The van der Waals surface area contributed by atoms with Crippen LogP contribution in [0.5, 0.6) is 23.0 Å². The number of rotatable bonds is 11. The van der Waals surface area contributed by atoms with E-state index in [1.165, 1.54) is 38.1 Å². The molecule has 24 nitrogen and oxygen atoms in total. The van der Waals surface area contributed by atoms with Crippen molar-refractivity contribution in [3.05, 3.63) is 46.6 Å². The van der Waals surface area contributed by atoms with E-state index in [0.717, 1.165) is 12.1 Å². The molecule has 3 aromatic rings. The maximum absolute atomic E-state index is 14.3. The lowest BCUT2D eigenvalue weighted by Gasteiger charge is -2.48. The average molecular weight is 903 g/mol. The zero-order valence-corrected chi connectivity index (χ0v) is 33.3. The second-order valence-corrected chi connectivity index (χ2v) is 15.7. The molecule has 2 aromatic carbocycles. The molecule has 5 heterocycles. The summed E-state index contributed by atoms with van der Waals surface area (Å²) in [6, 6.07) is 6.97. The molecule has 0 spiro atoms. The summed E-state index contributed by atoms with van der Waals surface area (Å²) in [5.41, 5.74) is -1.32. The number of aliphatic hydroxyl groups excluding tert-OH is 11. The van der Waals surface area contributed by atoms with Crippen LogP contribution in [0.4, 0.5) is 0 Å². The van der Waals surface area contributed by atoms with E-state index < -0.39 is 164 Å². The highest BCUT2D eigenvalue weighted by atomic mass is 16.8. The molecule has 24 heteroatoms. The van der Waals surface area contributed by atoms with Crippen molar-refractivity contribution >= 4 is 11.0 Å². The summed E-state index contributed by atoms with van der Waals surface area (Å²) in [5, 5.41) is 148. The number of ether oxygens (including phenoxy) is 8. The molecule has 0 radical (unpaired) electrons. The molecule has 0 bridgehead atoms. The summed E-state index contributed by atoms with van der Waals surface area (Å²) in [6.45, 7) is 1.14. The third kappa shape index (κ3) is 9.19. The molecule has 4 aliphatic heterocycles. The van der Waals surface area contributed by atoms with Crippen LogP contribution in [-0.4, -0.2) is 208 Å². The van der Waals surface area contributed by atoms with E-state index in [2.05, 4.69) is 0 Å². The first-order valence-electron chi connectivity index (χ1n) is 19.8. The van der Waals surface area contributed by atoms with Gasteiger partial charge in [0.15, 0.2) is 30.7 Å². The van der Waals surface area contributed by atoms with Crippen molar-refractivity contribution in [2.75, 3.05) is 13.2 Å². The predicted octanol–water partition coefficient (Wildman–Crippen LogP) is -4.72. The lowest BCUT2D eigenvalue weighted by atomic mass is 9.96. The Kier molecular flexibility index (Phi) is 14.1. The molecule has 1 aromatic heterocycles. The van der Waals surface area contributed by atoms with Crippen LogP contribution < -0.4 is 10.2 Å². The predicted molar refractivity (Wildman–Crippen MR) is 202 cm³/mol. The molecule has 14 N–H and O–H groups in total. The first-order valence-corrected chi connectivity index (χ1v) is 19.8. The lowest BCUT2D eigenvalue weighted by Crippen LogP contribution is -2.66. The number of fused-ring (bicyclic) bond motifs is 1. The Balaban J connectivity index is 1.23. The summed E-state index contributed by atoms with van der Waals surface area (Å²) in [5.74, 6) is -2.53. The first kappa shape index (κ1) is 47.1. The van der Waals surface area contributed by atoms with Crippen LogP contribution in [0.15, 0.2) is 45.6 Å². The SMILES string of the molecule is C[C@@H]1O[C@@H](OC[C@H]2O[C@@H](Oc3c(-c4ccc(O)cc4)oc4cc(O)cc(O)c4c3=O)[C@H](O[C@@H]3O[C@@H](C)[C@H](O)[C@@H](O[C@@H]4O[C@H](CO)[C@@H](O)[C@H](O)[C@H]4O)[C@H]3O)[C@@H](O)[C@H]2O)[C@H](O)[C@H](O)[C@H]1O. The summed E-state index contributed by atoms with van der Waals surface area (Å²) in [6.07, 6.45) is -35.2. The van der Waals surface area contributed by atoms with E-state index >= 15 is 0 Å². The molecule has 350 valence electrons. The van der Waals surface area contributed by atoms with Crippen LogP contribution in [0.1, 0.15) is 13.8 Å². The van der Waals surface area contributed by atoms with Crippen molar-refractivity contribution in [1.82, 2.24) is 0 Å². The third-order valence-electron chi connectivity index (χ3n) is 11.4. The molecule has 0 aliphatic carbocycles. The summed E-state index contributed by atoms with van der Waals surface area (Å²) in [7, 11) is 0. The Morgan fingerprint density at radius 3 is 1.83 bits per heavy atom. The van der Waals surface area contributed by atoms with E-state index in [1.54, 1.807) is 0 Å². The van der Waals surface area contributed by atoms with Crippen molar-refractivity contribution in [3.8, 4) is 34.3 Å². The Bertz CT molecular complexity index is 2080. The second-order valence-electron chi connectivity index (χ2n) is 15.7. The molecule has 63 heavy (non-hydrogen) atoms. The normalized spacial score (nSPS) is 41.1. The Hall–Kier alpha value is -3.87.